The molecule has 0 saturated heterocycles. The summed E-state index contributed by atoms with van der Waals surface area (Å²) in [4.78, 5) is 3.87. The van der Waals surface area contributed by atoms with Crippen LogP contribution < -0.4 is 4.72 Å². The number of nitrogens with zero attached hydrogens (tertiary/aromatic N) is 2. The highest BCUT2D eigenvalue weighted by Crippen LogP contribution is 2.31. The number of sulfonamides is 1. The summed E-state index contributed by atoms with van der Waals surface area (Å²) in [5, 5.41) is 6.13. The number of ether oxygens (including phenoxy) is 1. The van der Waals surface area contributed by atoms with Crippen molar-refractivity contribution >= 4 is 10.0 Å². The third-order valence-corrected chi connectivity index (χ3v) is 4.65. The first-order valence-electron chi connectivity index (χ1n) is 7.72. The highest BCUT2D eigenvalue weighted by Gasteiger charge is 2.32. The average Bonchev–Trinajstić information content (AvgIpc) is 3.05. The molecule has 144 valence electrons. The molecule has 2 aromatic rings. The lowest BCUT2D eigenvalue weighted by molar-refractivity contribution is -0.137. The molecule has 1 aromatic carbocycles. The quantitative estimate of drug-likeness (QED) is 0.718. The van der Waals surface area contributed by atoms with Crippen LogP contribution in [0.25, 0.3) is 0 Å². The van der Waals surface area contributed by atoms with Crippen LogP contribution in [0, 0.1) is 0 Å². The third kappa shape index (κ3) is 5.78. The molecule has 0 aliphatic rings. The fraction of sp³-hybridized carbons (Fsp3) is 0.467. The monoisotopic (exact) mass is 392 g/mol. The zero-order valence-corrected chi connectivity index (χ0v) is 14.9. The summed E-state index contributed by atoms with van der Waals surface area (Å²) in [6, 6.07) is 3.24. The zero-order chi connectivity index (χ0) is 19.4. The second-order valence-corrected chi connectivity index (χ2v) is 7.66. The molecule has 0 radical (unpaired) electrons. The van der Waals surface area contributed by atoms with Crippen LogP contribution in [0.3, 0.4) is 0 Å². The van der Waals surface area contributed by atoms with Gasteiger partial charge < -0.3 is 4.74 Å². The summed E-state index contributed by atoms with van der Waals surface area (Å²) in [6.07, 6.45) is -3.54. The Hall–Kier alpha value is -1.98. The second-order valence-electron chi connectivity index (χ2n) is 5.78. The van der Waals surface area contributed by atoms with Crippen LogP contribution in [0.2, 0.25) is 0 Å². The minimum atomic E-state index is -4.55. The lowest BCUT2D eigenvalue weighted by Crippen LogP contribution is -2.33. The normalized spacial score (nSPS) is 13.9. The number of halogens is 3. The van der Waals surface area contributed by atoms with Crippen molar-refractivity contribution in [3.63, 3.8) is 0 Å². The van der Waals surface area contributed by atoms with Gasteiger partial charge in [0.25, 0.3) is 0 Å². The van der Waals surface area contributed by atoms with Gasteiger partial charge in [-0.15, -0.1) is 0 Å². The molecule has 0 fully saturated rings. The van der Waals surface area contributed by atoms with Gasteiger partial charge in [0, 0.05) is 0 Å². The lowest BCUT2D eigenvalue weighted by Gasteiger charge is -2.18. The molecular weight excluding hydrogens is 373 g/mol. The van der Waals surface area contributed by atoms with Gasteiger partial charge in [-0.1, -0.05) is 12.1 Å². The van der Waals surface area contributed by atoms with Gasteiger partial charge in [0.2, 0.25) is 10.0 Å². The number of nitrogens with one attached hydrogen (secondary N) is 2. The summed E-state index contributed by atoms with van der Waals surface area (Å²) in [5.74, 6) is -0.257. The van der Waals surface area contributed by atoms with E-state index in [-0.39, 0.29) is 29.9 Å². The maximum Gasteiger partial charge on any atom is 0.416 e. The Kier molecular flexibility index (Phi) is 6.37. The van der Waals surface area contributed by atoms with Crippen LogP contribution in [0.15, 0.2) is 30.6 Å². The maximum absolute atomic E-state index is 13.0. The molecule has 0 saturated carbocycles. The Bertz CT molecular complexity index is 808. The topological polar surface area (TPSA) is 97.0 Å². The average molecular weight is 392 g/mol. The third-order valence-electron chi connectivity index (χ3n) is 3.36. The number of aromatic nitrogens is 3. The van der Waals surface area contributed by atoms with E-state index >= 15 is 0 Å². The zero-order valence-electron chi connectivity index (χ0n) is 14.1. The van der Waals surface area contributed by atoms with E-state index in [9.17, 15) is 21.6 Å². The summed E-state index contributed by atoms with van der Waals surface area (Å²) >= 11 is 0. The summed E-state index contributed by atoms with van der Waals surface area (Å²) < 4.78 is 71.1. The molecule has 1 heterocycles. The number of hydrogen-bond donors (Lipinski definition) is 2. The maximum atomic E-state index is 13.0. The van der Waals surface area contributed by atoms with Crippen molar-refractivity contribution in [2.24, 2.45) is 0 Å². The molecular formula is C15H19F3N4O3S. The lowest BCUT2D eigenvalue weighted by atomic mass is 10.0. The highest BCUT2D eigenvalue weighted by atomic mass is 32.2. The van der Waals surface area contributed by atoms with Gasteiger partial charge in [0.05, 0.1) is 24.0 Å². The van der Waals surface area contributed by atoms with Crippen LogP contribution in [0.1, 0.15) is 36.8 Å². The van der Waals surface area contributed by atoms with E-state index in [1.165, 1.54) is 12.1 Å². The molecule has 7 nitrogen and oxygen atoms in total. The van der Waals surface area contributed by atoms with Crippen molar-refractivity contribution in [1.82, 2.24) is 19.9 Å². The number of alkyl halides is 3. The first kappa shape index (κ1) is 20.3. The van der Waals surface area contributed by atoms with Crippen LogP contribution in [-0.2, 0) is 20.9 Å². The summed E-state index contributed by atoms with van der Waals surface area (Å²) in [5.41, 5.74) is -0.799. The fourth-order valence-electron chi connectivity index (χ4n) is 2.16. The summed E-state index contributed by atoms with van der Waals surface area (Å²) in [6.45, 7) is 3.48. The van der Waals surface area contributed by atoms with Crippen molar-refractivity contribution in [3.05, 3.63) is 47.5 Å². The molecule has 2 N–H and O–H groups in total. The Labute approximate surface area is 149 Å². The molecule has 1 aromatic heterocycles. The van der Waals surface area contributed by atoms with Crippen LogP contribution in [0.4, 0.5) is 13.2 Å². The standard InChI is InChI=1S/C15H19F3N4O3S/c1-10(2)25-6-7-26(23,24)22-13(14-19-9-20-21-14)11-4-3-5-12(8-11)15(16,17)18/h3-5,8-10,13,22H,6-7H2,1-2H3,(H,19,20,21). The summed E-state index contributed by atoms with van der Waals surface area (Å²) in [7, 11) is -3.84. The van der Waals surface area contributed by atoms with Crippen molar-refractivity contribution in [2.75, 3.05) is 12.4 Å². The van der Waals surface area contributed by atoms with E-state index in [0.29, 0.717) is 0 Å². The molecule has 2 rings (SSSR count). The first-order chi connectivity index (χ1) is 12.1. The number of aromatic amines is 1. The molecule has 26 heavy (non-hydrogen) atoms. The van der Waals surface area contributed by atoms with Crippen LogP contribution in [-0.4, -0.2) is 42.1 Å². The van der Waals surface area contributed by atoms with Crippen molar-refractivity contribution in [3.8, 4) is 0 Å². The second kappa shape index (κ2) is 8.14. The molecule has 0 aliphatic carbocycles. The van der Waals surface area contributed by atoms with Crippen molar-refractivity contribution in [1.29, 1.82) is 0 Å². The molecule has 0 aliphatic heterocycles. The predicted molar refractivity (Wildman–Crippen MR) is 87.7 cm³/mol. The molecule has 0 spiro atoms. The Morgan fingerprint density at radius 1 is 1.31 bits per heavy atom. The number of benzene rings is 1. The number of hydrogen-bond acceptors (Lipinski definition) is 5. The van der Waals surface area contributed by atoms with Crippen LogP contribution in [0.5, 0.6) is 0 Å². The first-order valence-corrected chi connectivity index (χ1v) is 9.38. The molecule has 1 unspecified atom stereocenters. The Morgan fingerprint density at radius 3 is 2.62 bits per heavy atom. The molecule has 0 amide bonds. The van der Waals surface area contributed by atoms with Crippen LogP contribution >= 0.6 is 0 Å². The molecule has 1 atom stereocenters. The fourth-order valence-corrected chi connectivity index (χ4v) is 3.20. The van der Waals surface area contributed by atoms with Gasteiger partial charge in [0.1, 0.15) is 18.2 Å². The smallest absolute Gasteiger partial charge is 0.378 e. The van der Waals surface area contributed by atoms with E-state index in [4.69, 9.17) is 4.74 Å². The van der Waals surface area contributed by atoms with Gasteiger partial charge in [-0.05, 0) is 31.5 Å². The van der Waals surface area contributed by atoms with E-state index in [0.717, 1.165) is 18.5 Å². The van der Waals surface area contributed by atoms with Crippen molar-refractivity contribution in [2.45, 2.75) is 32.2 Å². The molecule has 0 bridgehead atoms. The predicted octanol–water partition coefficient (Wildman–Crippen LogP) is 2.26. The largest absolute Gasteiger partial charge is 0.416 e. The van der Waals surface area contributed by atoms with E-state index in [2.05, 4.69) is 19.9 Å². The van der Waals surface area contributed by atoms with E-state index in [1.807, 2.05) is 0 Å². The minimum absolute atomic E-state index is 0.0429. The van der Waals surface area contributed by atoms with Gasteiger partial charge in [-0.25, -0.2) is 13.4 Å². The number of rotatable bonds is 8. The van der Waals surface area contributed by atoms with Gasteiger partial charge in [-0.2, -0.15) is 23.0 Å². The Balaban J connectivity index is 2.29. The van der Waals surface area contributed by atoms with E-state index in [1.54, 1.807) is 13.8 Å². The SMILES string of the molecule is CC(C)OCCS(=O)(=O)NC(c1cccc(C(F)(F)F)c1)c1ncn[nH]1. The highest BCUT2D eigenvalue weighted by molar-refractivity contribution is 7.89. The minimum Gasteiger partial charge on any atom is -0.378 e. The van der Waals surface area contributed by atoms with Gasteiger partial charge in [-0.3, -0.25) is 5.10 Å². The van der Waals surface area contributed by atoms with Crippen molar-refractivity contribution < 1.29 is 26.3 Å². The number of H-pyrrole nitrogens is 1. The Morgan fingerprint density at radius 2 is 2.04 bits per heavy atom. The van der Waals surface area contributed by atoms with Gasteiger partial charge in [0.15, 0.2) is 0 Å². The van der Waals surface area contributed by atoms with E-state index < -0.39 is 27.8 Å². The van der Waals surface area contributed by atoms with Gasteiger partial charge >= 0.3 is 6.18 Å². The molecule has 11 heteroatoms.